The molecule has 1 aromatic rings. The van der Waals surface area contributed by atoms with Gasteiger partial charge in [-0.1, -0.05) is 25.3 Å². The van der Waals surface area contributed by atoms with Crippen LogP contribution in [0.2, 0.25) is 0 Å². The number of carbonyl (C=O) groups excluding carboxylic acids is 1. The van der Waals surface area contributed by atoms with Crippen LogP contribution in [-0.4, -0.2) is 25.6 Å². The molecule has 1 saturated carbocycles. The van der Waals surface area contributed by atoms with Crippen LogP contribution in [0, 0.1) is 0 Å². The maximum atomic E-state index is 12.0. The minimum Gasteiger partial charge on any atom is -0.497 e. The molecular formula is C17H27N2O2+. The highest BCUT2D eigenvalue weighted by molar-refractivity contribution is 5.91. The van der Waals surface area contributed by atoms with Gasteiger partial charge in [0.2, 0.25) is 0 Å². The summed E-state index contributed by atoms with van der Waals surface area (Å²) in [4.78, 5) is 12.0. The first-order valence-corrected chi connectivity index (χ1v) is 8.05. The Hall–Kier alpha value is -1.55. The summed E-state index contributed by atoms with van der Waals surface area (Å²) in [6.45, 7) is 0.502. The average Bonchev–Trinajstić information content (AvgIpc) is 2.46. The summed E-state index contributed by atoms with van der Waals surface area (Å²) in [5, 5.41) is 5.14. The minimum absolute atomic E-state index is 0.0605. The molecule has 1 fully saturated rings. The second-order valence-corrected chi connectivity index (χ2v) is 5.83. The van der Waals surface area contributed by atoms with Gasteiger partial charge < -0.3 is 15.4 Å². The number of methoxy groups -OCH3 is 1. The molecule has 0 heterocycles. The smallest absolute Gasteiger partial charge is 0.279 e. The number of nitrogens with two attached hydrogens (primary N) is 1. The fraction of sp³-hybridized carbons (Fsp3) is 0.588. The lowest BCUT2D eigenvalue weighted by atomic mass is 9.97. The lowest BCUT2D eigenvalue weighted by Gasteiger charge is -2.18. The minimum atomic E-state index is 0.0605. The van der Waals surface area contributed by atoms with E-state index < -0.39 is 0 Å². The standard InChI is InChI=1S/C17H26N2O2/c1-21-16-11-7-10-15(12-16)19-17(20)13-18-14-8-5-3-2-4-6-9-14/h7,10-12,14,18H,2-6,8-9,13H2,1H3,(H,19,20)/p+1. The Morgan fingerprint density at radius 3 is 2.67 bits per heavy atom. The molecule has 0 aromatic heterocycles. The Labute approximate surface area is 127 Å². The van der Waals surface area contributed by atoms with Crippen LogP contribution in [0.1, 0.15) is 44.9 Å². The monoisotopic (exact) mass is 291 g/mol. The molecule has 1 aliphatic carbocycles. The molecule has 2 rings (SSSR count). The van der Waals surface area contributed by atoms with Gasteiger partial charge in [-0.25, -0.2) is 0 Å². The van der Waals surface area contributed by atoms with E-state index in [1.165, 1.54) is 44.9 Å². The summed E-state index contributed by atoms with van der Waals surface area (Å²) in [6.07, 6.45) is 9.17. The quantitative estimate of drug-likeness (QED) is 0.874. The molecular weight excluding hydrogens is 264 g/mol. The summed E-state index contributed by atoms with van der Waals surface area (Å²) in [5.74, 6) is 0.821. The molecule has 1 amide bonds. The molecule has 116 valence electrons. The van der Waals surface area contributed by atoms with E-state index >= 15 is 0 Å². The van der Waals surface area contributed by atoms with Crippen LogP contribution in [0.25, 0.3) is 0 Å². The van der Waals surface area contributed by atoms with Gasteiger partial charge in [-0.05, 0) is 37.8 Å². The third-order valence-corrected chi connectivity index (χ3v) is 4.14. The first-order chi connectivity index (χ1) is 10.3. The number of anilines is 1. The molecule has 0 saturated heterocycles. The van der Waals surface area contributed by atoms with Crippen molar-refractivity contribution in [1.82, 2.24) is 0 Å². The molecule has 0 radical (unpaired) electrons. The molecule has 0 spiro atoms. The number of hydrogen-bond donors (Lipinski definition) is 2. The Morgan fingerprint density at radius 2 is 1.95 bits per heavy atom. The van der Waals surface area contributed by atoms with Crippen LogP contribution in [0.15, 0.2) is 24.3 Å². The van der Waals surface area contributed by atoms with E-state index in [2.05, 4.69) is 10.6 Å². The van der Waals surface area contributed by atoms with Crippen molar-refractivity contribution >= 4 is 11.6 Å². The summed E-state index contributed by atoms with van der Waals surface area (Å²) >= 11 is 0. The second kappa shape index (κ2) is 8.67. The number of carbonyl (C=O) groups is 1. The van der Waals surface area contributed by atoms with Gasteiger partial charge in [0, 0.05) is 11.8 Å². The molecule has 4 heteroatoms. The van der Waals surface area contributed by atoms with Crippen LogP contribution < -0.4 is 15.4 Å². The van der Waals surface area contributed by atoms with Crippen molar-refractivity contribution in [3.63, 3.8) is 0 Å². The van der Waals surface area contributed by atoms with Gasteiger partial charge in [0.25, 0.3) is 5.91 Å². The lowest BCUT2D eigenvalue weighted by Crippen LogP contribution is -2.91. The van der Waals surface area contributed by atoms with Crippen molar-refractivity contribution in [3.8, 4) is 5.75 Å². The van der Waals surface area contributed by atoms with E-state index in [9.17, 15) is 4.79 Å². The number of hydrogen-bond acceptors (Lipinski definition) is 2. The highest BCUT2D eigenvalue weighted by Gasteiger charge is 2.15. The Bertz CT molecular complexity index is 440. The zero-order valence-electron chi connectivity index (χ0n) is 12.9. The van der Waals surface area contributed by atoms with Gasteiger partial charge in [0.1, 0.15) is 5.75 Å². The van der Waals surface area contributed by atoms with Crippen molar-refractivity contribution < 1.29 is 14.8 Å². The number of ether oxygens (including phenoxy) is 1. The highest BCUT2D eigenvalue weighted by Crippen LogP contribution is 2.16. The highest BCUT2D eigenvalue weighted by atomic mass is 16.5. The van der Waals surface area contributed by atoms with Crippen molar-refractivity contribution in [2.24, 2.45) is 0 Å². The topological polar surface area (TPSA) is 54.9 Å². The van der Waals surface area contributed by atoms with Crippen LogP contribution in [0.5, 0.6) is 5.75 Å². The third-order valence-electron chi connectivity index (χ3n) is 4.14. The van der Waals surface area contributed by atoms with Gasteiger partial charge in [0.15, 0.2) is 6.54 Å². The number of benzene rings is 1. The summed E-state index contributed by atoms with van der Waals surface area (Å²) in [5.41, 5.74) is 0.797. The Balaban J connectivity index is 1.75. The van der Waals surface area contributed by atoms with E-state index in [-0.39, 0.29) is 5.91 Å². The maximum absolute atomic E-state index is 12.0. The number of amides is 1. The molecule has 1 aliphatic rings. The molecule has 21 heavy (non-hydrogen) atoms. The van der Waals surface area contributed by atoms with Crippen LogP contribution in [0.3, 0.4) is 0 Å². The van der Waals surface area contributed by atoms with Gasteiger partial charge in [-0.3, -0.25) is 4.79 Å². The van der Waals surface area contributed by atoms with Gasteiger partial charge in [-0.2, -0.15) is 0 Å². The first kappa shape index (κ1) is 15.8. The number of rotatable bonds is 5. The molecule has 4 nitrogen and oxygen atoms in total. The van der Waals surface area contributed by atoms with Crippen LogP contribution in [0.4, 0.5) is 5.69 Å². The molecule has 0 bridgehead atoms. The van der Waals surface area contributed by atoms with Crippen LogP contribution in [-0.2, 0) is 4.79 Å². The van der Waals surface area contributed by atoms with Crippen molar-refractivity contribution in [1.29, 1.82) is 0 Å². The second-order valence-electron chi connectivity index (χ2n) is 5.83. The number of nitrogens with one attached hydrogen (secondary N) is 1. The molecule has 3 N–H and O–H groups in total. The fourth-order valence-corrected chi connectivity index (χ4v) is 2.91. The van der Waals surface area contributed by atoms with Crippen molar-refractivity contribution in [2.45, 2.75) is 51.0 Å². The fourth-order valence-electron chi connectivity index (χ4n) is 2.91. The molecule has 0 atom stereocenters. The zero-order chi connectivity index (χ0) is 14.9. The zero-order valence-corrected chi connectivity index (χ0v) is 12.9. The molecule has 0 unspecified atom stereocenters. The first-order valence-electron chi connectivity index (χ1n) is 8.05. The van der Waals surface area contributed by atoms with Gasteiger partial charge >= 0.3 is 0 Å². The van der Waals surface area contributed by atoms with E-state index in [0.717, 1.165) is 11.4 Å². The van der Waals surface area contributed by atoms with E-state index in [0.29, 0.717) is 12.6 Å². The maximum Gasteiger partial charge on any atom is 0.279 e. The molecule has 0 aliphatic heterocycles. The lowest BCUT2D eigenvalue weighted by molar-refractivity contribution is -0.680. The third kappa shape index (κ3) is 5.76. The Kier molecular flexibility index (Phi) is 6.54. The SMILES string of the molecule is COc1cccc(NC(=O)C[NH2+]C2CCCCCCC2)c1. The summed E-state index contributed by atoms with van der Waals surface area (Å²) in [6, 6.07) is 8.09. The van der Waals surface area contributed by atoms with Crippen molar-refractivity contribution in [3.05, 3.63) is 24.3 Å². The summed E-state index contributed by atoms with van der Waals surface area (Å²) < 4.78 is 5.16. The predicted octanol–water partition coefficient (Wildman–Crippen LogP) is 2.31. The van der Waals surface area contributed by atoms with Crippen LogP contribution >= 0.6 is 0 Å². The number of quaternary nitrogens is 1. The normalized spacial score (nSPS) is 16.8. The van der Waals surface area contributed by atoms with E-state index in [4.69, 9.17) is 4.74 Å². The largest absolute Gasteiger partial charge is 0.497 e. The molecule has 1 aromatic carbocycles. The average molecular weight is 291 g/mol. The Morgan fingerprint density at radius 1 is 1.24 bits per heavy atom. The van der Waals surface area contributed by atoms with E-state index in [1.807, 2.05) is 24.3 Å². The van der Waals surface area contributed by atoms with E-state index in [1.54, 1.807) is 7.11 Å². The van der Waals surface area contributed by atoms with Gasteiger partial charge in [0.05, 0.1) is 13.2 Å². The summed E-state index contributed by atoms with van der Waals surface area (Å²) in [7, 11) is 1.63. The van der Waals surface area contributed by atoms with Gasteiger partial charge in [-0.15, -0.1) is 0 Å². The predicted molar refractivity (Wildman–Crippen MR) is 84.5 cm³/mol. The van der Waals surface area contributed by atoms with Crippen molar-refractivity contribution in [2.75, 3.05) is 19.0 Å².